The van der Waals surface area contributed by atoms with Crippen LogP contribution in [0.2, 0.25) is 0 Å². The molecule has 6 heteroatoms. The molecule has 31 heavy (non-hydrogen) atoms. The van der Waals surface area contributed by atoms with Crippen LogP contribution in [0.25, 0.3) is 0 Å². The Bertz CT molecular complexity index is 995. The maximum absolute atomic E-state index is 12.8. The molecule has 0 aliphatic heterocycles. The van der Waals surface area contributed by atoms with Gasteiger partial charge in [-0.25, -0.2) is 0 Å². The predicted molar refractivity (Wildman–Crippen MR) is 122 cm³/mol. The van der Waals surface area contributed by atoms with E-state index in [1.807, 2.05) is 25.1 Å². The van der Waals surface area contributed by atoms with Crippen LogP contribution in [0, 0.1) is 12.8 Å². The quantitative estimate of drug-likeness (QED) is 0.379. The van der Waals surface area contributed by atoms with Crippen molar-refractivity contribution in [3.05, 3.63) is 65.7 Å². The third kappa shape index (κ3) is 5.89. The summed E-state index contributed by atoms with van der Waals surface area (Å²) in [7, 11) is -0.556. The van der Waals surface area contributed by atoms with Crippen LogP contribution >= 0.6 is 0 Å². The summed E-state index contributed by atoms with van der Waals surface area (Å²) < 4.78 is 42.0. The van der Waals surface area contributed by atoms with E-state index in [1.165, 1.54) is 0 Å². The van der Waals surface area contributed by atoms with Gasteiger partial charge in [0.15, 0.2) is 11.5 Å². The van der Waals surface area contributed by atoms with Gasteiger partial charge in [-0.3, -0.25) is 4.18 Å². The summed E-state index contributed by atoms with van der Waals surface area (Å²) in [6.07, 6.45) is 4.86. The van der Waals surface area contributed by atoms with Crippen molar-refractivity contribution in [1.29, 1.82) is 0 Å². The van der Waals surface area contributed by atoms with Gasteiger partial charge >= 0.3 is 0 Å². The third-order valence-corrected chi connectivity index (χ3v) is 7.32. The average molecular weight is 445 g/mol. The molecule has 0 radical (unpaired) electrons. The molecule has 0 N–H and O–H groups in total. The van der Waals surface area contributed by atoms with E-state index in [2.05, 4.69) is 6.58 Å². The van der Waals surface area contributed by atoms with Crippen LogP contribution < -0.4 is 9.47 Å². The van der Waals surface area contributed by atoms with Gasteiger partial charge in [0.05, 0.1) is 25.2 Å². The molecule has 1 fully saturated rings. The van der Waals surface area contributed by atoms with Gasteiger partial charge in [-0.1, -0.05) is 48.8 Å². The van der Waals surface area contributed by atoms with Crippen LogP contribution in [0.3, 0.4) is 0 Å². The Morgan fingerprint density at radius 3 is 2.35 bits per heavy atom. The lowest BCUT2D eigenvalue weighted by Gasteiger charge is -2.32. The zero-order valence-corrected chi connectivity index (χ0v) is 19.4. The first-order valence-electron chi connectivity index (χ1n) is 10.7. The normalized spacial score (nSPS) is 19.1. The van der Waals surface area contributed by atoms with Gasteiger partial charge in [0, 0.05) is 5.92 Å². The summed E-state index contributed by atoms with van der Waals surface area (Å²) in [5.41, 5.74) is 3.18. The highest BCUT2D eigenvalue weighted by atomic mass is 32.2. The van der Waals surface area contributed by atoms with Gasteiger partial charge in [-0.15, -0.1) is 0 Å². The van der Waals surface area contributed by atoms with Crippen molar-refractivity contribution >= 4 is 10.1 Å². The monoisotopic (exact) mass is 444 g/mol. The lowest BCUT2D eigenvalue weighted by molar-refractivity contribution is 0.116. The van der Waals surface area contributed by atoms with Crippen LogP contribution in [-0.4, -0.2) is 28.7 Å². The van der Waals surface area contributed by atoms with Crippen LogP contribution in [0.5, 0.6) is 11.5 Å². The predicted octanol–water partition coefficient (Wildman–Crippen LogP) is 5.47. The molecule has 0 aromatic heterocycles. The molecule has 0 unspecified atom stereocenters. The Balaban J connectivity index is 1.67. The zero-order valence-electron chi connectivity index (χ0n) is 18.6. The molecule has 1 aliphatic carbocycles. The van der Waals surface area contributed by atoms with Gasteiger partial charge in [-0.05, 0) is 62.4 Å². The number of rotatable bonds is 9. The second-order valence-electron chi connectivity index (χ2n) is 8.14. The summed E-state index contributed by atoms with van der Waals surface area (Å²) in [6.45, 7) is 6.23. The highest BCUT2D eigenvalue weighted by molar-refractivity contribution is 7.86. The standard InChI is InChI=1S/C25H32O5S/c1-18-9-14-21(15-10-18)31(26,27)30-23-8-6-5-7-22(23)19(2)11-12-20-13-16-24(28-3)25(17-20)29-4/h9-10,13-17,22-23H,2,5-8,11-12H2,1,3-4H3/t22-,23-/m0/s1. The van der Waals surface area contributed by atoms with Gasteiger partial charge in [0.25, 0.3) is 10.1 Å². The summed E-state index contributed by atoms with van der Waals surface area (Å²) >= 11 is 0. The van der Waals surface area contributed by atoms with Gasteiger partial charge in [-0.2, -0.15) is 8.42 Å². The second kappa shape index (κ2) is 10.3. The second-order valence-corrected chi connectivity index (χ2v) is 9.71. The molecular weight excluding hydrogens is 412 g/mol. The van der Waals surface area contributed by atoms with E-state index >= 15 is 0 Å². The molecule has 2 aromatic rings. The molecule has 0 saturated heterocycles. The van der Waals surface area contributed by atoms with Crippen molar-refractivity contribution in [2.24, 2.45) is 5.92 Å². The SMILES string of the molecule is C=C(CCc1ccc(OC)c(OC)c1)[C@@H]1CCCC[C@@H]1OS(=O)(=O)c1ccc(C)cc1. The molecule has 3 rings (SSSR count). The third-order valence-electron chi connectivity index (χ3n) is 5.97. The summed E-state index contributed by atoms with van der Waals surface area (Å²) in [6, 6.07) is 12.7. The highest BCUT2D eigenvalue weighted by Crippen LogP contribution is 2.36. The summed E-state index contributed by atoms with van der Waals surface area (Å²) in [4.78, 5) is 0.207. The smallest absolute Gasteiger partial charge is 0.297 e. The summed E-state index contributed by atoms with van der Waals surface area (Å²) in [5.74, 6) is 1.44. The lowest BCUT2D eigenvalue weighted by atomic mass is 9.80. The minimum Gasteiger partial charge on any atom is -0.493 e. The van der Waals surface area contributed by atoms with Crippen molar-refractivity contribution in [2.75, 3.05) is 14.2 Å². The largest absolute Gasteiger partial charge is 0.493 e. The minimum atomic E-state index is -3.80. The van der Waals surface area contributed by atoms with Gasteiger partial charge in [0.1, 0.15) is 0 Å². The fourth-order valence-electron chi connectivity index (χ4n) is 4.13. The Hall–Kier alpha value is -2.31. The first-order chi connectivity index (χ1) is 14.8. The van der Waals surface area contributed by atoms with E-state index in [9.17, 15) is 8.42 Å². The minimum absolute atomic E-state index is 0.0362. The van der Waals surface area contributed by atoms with Gasteiger partial charge < -0.3 is 9.47 Å². The Morgan fingerprint density at radius 2 is 1.68 bits per heavy atom. The van der Waals surface area contributed by atoms with Gasteiger partial charge in [0.2, 0.25) is 0 Å². The van der Waals surface area contributed by atoms with Crippen molar-refractivity contribution in [2.45, 2.75) is 56.4 Å². The molecular formula is C25H32O5S. The molecule has 1 saturated carbocycles. The van der Waals surface area contributed by atoms with Crippen molar-refractivity contribution in [3.63, 3.8) is 0 Å². The molecule has 5 nitrogen and oxygen atoms in total. The topological polar surface area (TPSA) is 61.8 Å². The molecule has 2 atom stereocenters. The van der Waals surface area contributed by atoms with Crippen molar-refractivity contribution < 1.29 is 22.1 Å². The van der Waals surface area contributed by atoms with E-state index in [0.29, 0.717) is 11.5 Å². The number of benzene rings is 2. The molecule has 2 aromatic carbocycles. The number of aryl methyl sites for hydroxylation is 2. The maximum Gasteiger partial charge on any atom is 0.297 e. The van der Waals surface area contributed by atoms with Crippen LogP contribution in [0.1, 0.15) is 43.2 Å². The fraction of sp³-hybridized carbons (Fsp3) is 0.440. The van der Waals surface area contributed by atoms with E-state index < -0.39 is 10.1 Å². The first kappa shape index (κ1) is 23.4. The average Bonchev–Trinajstić information content (AvgIpc) is 2.77. The first-order valence-corrected chi connectivity index (χ1v) is 12.1. The Morgan fingerprint density at radius 1 is 1.00 bits per heavy atom. The number of ether oxygens (including phenoxy) is 2. The highest BCUT2D eigenvalue weighted by Gasteiger charge is 2.32. The molecule has 168 valence electrons. The molecule has 0 amide bonds. The van der Waals surface area contributed by atoms with Crippen LogP contribution in [0.15, 0.2) is 59.5 Å². The van der Waals surface area contributed by atoms with Crippen LogP contribution in [-0.2, 0) is 20.7 Å². The maximum atomic E-state index is 12.8. The molecule has 0 heterocycles. The Kier molecular flexibility index (Phi) is 7.79. The van der Waals surface area contributed by atoms with Crippen LogP contribution in [0.4, 0.5) is 0 Å². The van der Waals surface area contributed by atoms with E-state index in [0.717, 1.165) is 55.2 Å². The van der Waals surface area contributed by atoms with E-state index in [-0.39, 0.29) is 16.9 Å². The van der Waals surface area contributed by atoms with E-state index in [4.69, 9.17) is 13.7 Å². The van der Waals surface area contributed by atoms with Crippen molar-refractivity contribution in [1.82, 2.24) is 0 Å². The lowest BCUT2D eigenvalue weighted by Crippen LogP contribution is -2.31. The molecule has 0 spiro atoms. The summed E-state index contributed by atoms with van der Waals surface area (Å²) in [5, 5.41) is 0. The number of hydrogen-bond acceptors (Lipinski definition) is 5. The van der Waals surface area contributed by atoms with Crippen molar-refractivity contribution in [3.8, 4) is 11.5 Å². The Labute approximate surface area is 186 Å². The zero-order chi connectivity index (χ0) is 22.4. The number of hydrogen-bond donors (Lipinski definition) is 0. The molecule has 1 aliphatic rings. The fourth-order valence-corrected chi connectivity index (χ4v) is 5.26. The van der Waals surface area contributed by atoms with E-state index in [1.54, 1.807) is 38.5 Å². The molecule has 0 bridgehead atoms. The number of methoxy groups -OCH3 is 2.